The highest BCUT2D eigenvalue weighted by molar-refractivity contribution is 5.83. The first-order chi connectivity index (χ1) is 4.70. The molecule has 0 aromatic rings. The summed E-state index contributed by atoms with van der Waals surface area (Å²) >= 11 is 0. The van der Waals surface area contributed by atoms with Crippen molar-refractivity contribution in [2.75, 3.05) is 6.61 Å². The van der Waals surface area contributed by atoms with Crippen molar-refractivity contribution in [3.63, 3.8) is 0 Å². The van der Waals surface area contributed by atoms with Crippen LogP contribution in [-0.2, 0) is 4.74 Å². The first-order valence-electron chi connectivity index (χ1n) is 3.87. The van der Waals surface area contributed by atoms with Gasteiger partial charge in [-0.1, -0.05) is 6.92 Å². The minimum Gasteiger partial charge on any atom is -0.372 e. The van der Waals surface area contributed by atoms with E-state index < -0.39 is 0 Å². The van der Waals surface area contributed by atoms with Gasteiger partial charge in [-0.2, -0.15) is 0 Å². The Labute approximate surface area is 62.1 Å². The predicted molar refractivity (Wildman–Crippen MR) is 41.5 cm³/mol. The van der Waals surface area contributed by atoms with Crippen molar-refractivity contribution in [2.24, 2.45) is 5.92 Å². The molecule has 0 aliphatic carbocycles. The summed E-state index contributed by atoms with van der Waals surface area (Å²) in [6, 6.07) is 0. The van der Waals surface area contributed by atoms with Crippen LogP contribution < -0.4 is 0 Å². The van der Waals surface area contributed by atoms with Crippen LogP contribution in [0.5, 0.6) is 0 Å². The van der Waals surface area contributed by atoms with Gasteiger partial charge in [-0.05, 0) is 25.7 Å². The van der Waals surface area contributed by atoms with E-state index in [-0.39, 0.29) is 6.10 Å². The Kier molecular flexibility index (Phi) is 2.44. The fraction of sp³-hybridized carbons (Fsp3) is 0.875. The highest BCUT2D eigenvalue weighted by Gasteiger charge is 2.20. The summed E-state index contributed by atoms with van der Waals surface area (Å²) in [4.78, 5) is 0. The molecule has 0 amide bonds. The molecule has 1 saturated heterocycles. The molecule has 2 nitrogen and oxygen atoms in total. The molecule has 1 aliphatic heterocycles. The van der Waals surface area contributed by atoms with Crippen LogP contribution in [0.4, 0.5) is 0 Å². The number of rotatable bonds is 1. The monoisotopic (exact) mass is 141 g/mol. The van der Waals surface area contributed by atoms with Gasteiger partial charge in [0.25, 0.3) is 0 Å². The summed E-state index contributed by atoms with van der Waals surface area (Å²) in [6.07, 6.45) is 2.31. The van der Waals surface area contributed by atoms with E-state index in [1.807, 2.05) is 6.92 Å². The Morgan fingerprint density at radius 2 is 2.30 bits per heavy atom. The molecule has 1 rings (SSSR count). The summed E-state index contributed by atoms with van der Waals surface area (Å²) in [5, 5.41) is 7.35. The lowest BCUT2D eigenvalue weighted by Gasteiger charge is -2.26. The van der Waals surface area contributed by atoms with Crippen molar-refractivity contribution < 1.29 is 4.74 Å². The van der Waals surface area contributed by atoms with Crippen LogP contribution in [0, 0.1) is 11.3 Å². The zero-order chi connectivity index (χ0) is 7.56. The highest BCUT2D eigenvalue weighted by atomic mass is 16.5. The highest BCUT2D eigenvalue weighted by Crippen LogP contribution is 2.19. The summed E-state index contributed by atoms with van der Waals surface area (Å²) in [7, 11) is 0. The Morgan fingerprint density at radius 1 is 1.60 bits per heavy atom. The number of hydrogen-bond acceptors (Lipinski definition) is 2. The van der Waals surface area contributed by atoms with Crippen molar-refractivity contribution >= 4 is 5.71 Å². The van der Waals surface area contributed by atoms with Gasteiger partial charge in [-0.3, -0.25) is 0 Å². The molecule has 2 atom stereocenters. The van der Waals surface area contributed by atoms with Gasteiger partial charge in [0.1, 0.15) is 0 Å². The zero-order valence-corrected chi connectivity index (χ0v) is 6.68. The van der Waals surface area contributed by atoms with Gasteiger partial charge in [0.15, 0.2) is 0 Å². The van der Waals surface area contributed by atoms with Crippen LogP contribution in [0.15, 0.2) is 0 Å². The van der Waals surface area contributed by atoms with Crippen molar-refractivity contribution in [3.8, 4) is 0 Å². The van der Waals surface area contributed by atoms with E-state index in [1.165, 1.54) is 0 Å². The SMILES string of the molecule is CC(=N)C1CC(C)CCO1. The van der Waals surface area contributed by atoms with Gasteiger partial charge in [-0.25, -0.2) is 0 Å². The average Bonchev–Trinajstić information content (AvgIpc) is 1.88. The standard InChI is InChI=1S/C8H15NO/c1-6-3-4-10-8(5-6)7(2)9/h6,8-9H,3-5H2,1-2H3. The first kappa shape index (κ1) is 7.73. The second kappa shape index (κ2) is 3.15. The second-order valence-electron chi connectivity index (χ2n) is 3.17. The van der Waals surface area contributed by atoms with Gasteiger partial charge in [0.05, 0.1) is 6.10 Å². The third-order valence-corrected chi connectivity index (χ3v) is 2.03. The lowest BCUT2D eigenvalue weighted by molar-refractivity contribution is 0.0345. The van der Waals surface area contributed by atoms with Gasteiger partial charge in [0, 0.05) is 12.3 Å². The van der Waals surface area contributed by atoms with Gasteiger partial charge in [0.2, 0.25) is 0 Å². The minimum absolute atomic E-state index is 0.115. The second-order valence-corrected chi connectivity index (χ2v) is 3.17. The predicted octanol–water partition coefficient (Wildman–Crippen LogP) is 1.84. The molecule has 0 aromatic heterocycles. The van der Waals surface area contributed by atoms with Crippen LogP contribution in [0.1, 0.15) is 26.7 Å². The molecular formula is C8H15NO. The molecule has 1 N–H and O–H groups in total. The molecule has 1 aliphatic rings. The third kappa shape index (κ3) is 1.81. The lowest BCUT2D eigenvalue weighted by Crippen LogP contribution is -2.29. The van der Waals surface area contributed by atoms with Crippen molar-refractivity contribution in [1.29, 1.82) is 5.41 Å². The lowest BCUT2D eigenvalue weighted by atomic mass is 9.96. The Morgan fingerprint density at radius 3 is 2.70 bits per heavy atom. The number of hydrogen-bond donors (Lipinski definition) is 1. The molecule has 0 radical (unpaired) electrons. The van der Waals surface area contributed by atoms with E-state index in [2.05, 4.69) is 6.92 Å². The molecule has 2 unspecified atom stereocenters. The summed E-state index contributed by atoms with van der Waals surface area (Å²) in [5.74, 6) is 0.735. The fourth-order valence-electron chi connectivity index (χ4n) is 1.26. The van der Waals surface area contributed by atoms with Crippen molar-refractivity contribution in [2.45, 2.75) is 32.8 Å². The molecular weight excluding hydrogens is 126 g/mol. The molecule has 10 heavy (non-hydrogen) atoms. The molecule has 58 valence electrons. The largest absolute Gasteiger partial charge is 0.372 e. The van der Waals surface area contributed by atoms with E-state index in [1.54, 1.807) is 0 Å². The Balaban J connectivity index is 2.39. The van der Waals surface area contributed by atoms with Crippen LogP contribution in [0.2, 0.25) is 0 Å². The molecule has 1 fully saturated rings. The van der Waals surface area contributed by atoms with Crippen LogP contribution in [-0.4, -0.2) is 18.4 Å². The number of ether oxygens (including phenoxy) is 1. The fourth-order valence-corrected chi connectivity index (χ4v) is 1.26. The smallest absolute Gasteiger partial charge is 0.0948 e. The van der Waals surface area contributed by atoms with Gasteiger partial charge in [-0.15, -0.1) is 0 Å². The van der Waals surface area contributed by atoms with E-state index in [0.29, 0.717) is 5.71 Å². The van der Waals surface area contributed by atoms with Gasteiger partial charge >= 0.3 is 0 Å². The van der Waals surface area contributed by atoms with Crippen LogP contribution in [0.3, 0.4) is 0 Å². The normalized spacial score (nSPS) is 33.8. The maximum Gasteiger partial charge on any atom is 0.0948 e. The third-order valence-electron chi connectivity index (χ3n) is 2.03. The maximum atomic E-state index is 7.35. The maximum absolute atomic E-state index is 7.35. The zero-order valence-electron chi connectivity index (χ0n) is 6.68. The van der Waals surface area contributed by atoms with Crippen molar-refractivity contribution in [1.82, 2.24) is 0 Å². The molecule has 1 heterocycles. The summed E-state index contributed by atoms with van der Waals surface area (Å²) < 4.78 is 5.39. The molecule has 0 bridgehead atoms. The quantitative estimate of drug-likeness (QED) is 0.555. The number of nitrogens with one attached hydrogen (secondary N) is 1. The van der Waals surface area contributed by atoms with E-state index in [4.69, 9.17) is 10.1 Å². The van der Waals surface area contributed by atoms with E-state index >= 15 is 0 Å². The average molecular weight is 141 g/mol. The van der Waals surface area contributed by atoms with Gasteiger partial charge < -0.3 is 10.1 Å². The molecule has 0 aromatic carbocycles. The summed E-state index contributed by atoms with van der Waals surface area (Å²) in [6.45, 7) is 4.88. The summed E-state index contributed by atoms with van der Waals surface area (Å²) in [5.41, 5.74) is 0.673. The Hall–Kier alpha value is -0.370. The molecule has 2 heteroatoms. The van der Waals surface area contributed by atoms with Crippen LogP contribution >= 0.6 is 0 Å². The first-order valence-corrected chi connectivity index (χ1v) is 3.87. The van der Waals surface area contributed by atoms with E-state index in [0.717, 1.165) is 25.4 Å². The minimum atomic E-state index is 0.115. The van der Waals surface area contributed by atoms with E-state index in [9.17, 15) is 0 Å². The molecule has 0 saturated carbocycles. The molecule has 0 spiro atoms. The van der Waals surface area contributed by atoms with Crippen molar-refractivity contribution in [3.05, 3.63) is 0 Å². The Bertz CT molecular complexity index is 133. The van der Waals surface area contributed by atoms with Crippen LogP contribution in [0.25, 0.3) is 0 Å². The topological polar surface area (TPSA) is 33.1 Å².